The Labute approximate surface area is 261 Å². The average Bonchev–Trinajstić information content (AvgIpc) is 3.42. The van der Waals surface area contributed by atoms with Crippen LogP contribution in [0.4, 0.5) is 5.69 Å². The predicted molar refractivity (Wildman–Crippen MR) is 171 cm³/mol. The van der Waals surface area contributed by atoms with Gasteiger partial charge in [0.2, 0.25) is 15.9 Å². The number of nitrogens with one attached hydrogen (secondary N) is 1. The zero-order valence-electron chi connectivity index (χ0n) is 24.7. The van der Waals surface area contributed by atoms with Crippen molar-refractivity contribution in [2.75, 3.05) is 24.6 Å². The minimum atomic E-state index is -3.37. The Bertz CT molecular complexity index is 1730. The first-order valence-electron chi connectivity index (χ1n) is 14.8. The Hall–Kier alpha value is -3.42. The van der Waals surface area contributed by atoms with Gasteiger partial charge in [0.05, 0.1) is 17.0 Å². The predicted octanol–water partition coefficient (Wildman–Crippen LogP) is 2.97. The van der Waals surface area contributed by atoms with Gasteiger partial charge in [0.25, 0.3) is 0 Å². The lowest BCUT2D eigenvalue weighted by atomic mass is 9.64. The molecule has 44 heavy (non-hydrogen) atoms. The molecule has 0 radical (unpaired) electrons. The van der Waals surface area contributed by atoms with E-state index in [1.54, 1.807) is 31.2 Å². The largest absolute Gasteiger partial charge is 0.457 e. The Balaban J connectivity index is 1.32. The number of aryl methyl sites for hydroxylation is 1. The van der Waals surface area contributed by atoms with Gasteiger partial charge in [-0.05, 0) is 79.3 Å². The Morgan fingerprint density at radius 3 is 2.55 bits per heavy atom. The van der Waals surface area contributed by atoms with Crippen molar-refractivity contribution in [3.63, 3.8) is 0 Å². The van der Waals surface area contributed by atoms with E-state index in [4.69, 9.17) is 21.9 Å². The van der Waals surface area contributed by atoms with Crippen LogP contribution in [0.3, 0.4) is 0 Å². The number of nitrogen functional groups attached to an aromatic ring is 1. The van der Waals surface area contributed by atoms with E-state index in [1.807, 2.05) is 43.3 Å². The van der Waals surface area contributed by atoms with Crippen LogP contribution in [0, 0.1) is 6.92 Å². The summed E-state index contributed by atoms with van der Waals surface area (Å²) in [5.74, 6) is -0.0261. The molecule has 1 fully saturated rings. The van der Waals surface area contributed by atoms with Gasteiger partial charge in [0, 0.05) is 35.6 Å². The van der Waals surface area contributed by atoms with Gasteiger partial charge in [0.15, 0.2) is 5.78 Å². The molecule has 1 amide bonds. The third-order valence-corrected chi connectivity index (χ3v) is 12.3. The van der Waals surface area contributed by atoms with Gasteiger partial charge in [0.1, 0.15) is 17.0 Å². The number of thioether (sulfide) groups is 1. The summed E-state index contributed by atoms with van der Waals surface area (Å²) in [4.78, 5) is 28.7. The number of benzene rings is 3. The number of sulfonamides is 1. The Morgan fingerprint density at radius 1 is 1.11 bits per heavy atom. The Morgan fingerprint density at radius 2 is 1.84 bits per heavy atom. The molecule has 5 unspecified atom stereocenters. The number of nitrogens with two attached hydrogens (primary N) is 3. The maximum absolute atomic E-state index is 14.2. The summed E-state index contributed by atoms with van der Waals surface area (Å²) in [6.07, 6.45) is 1.30. The fourth-order valence-corrected chi connectivity index (χ4v) is 9.38. The quantitative estimate of drug-likeness (QED) is 0.285. The molecule has 12 heteroatoms. The standard InChI is InChI=1S/C32H37N5O5S2/c1-3-44(40,41)37-15-7-8-19(17-37)36-31(39)29-26-25-23(13-14-24(33)28(25)43-29)32(35,30(38)27(26)34)22-12-11-21(16-18(22)2)42-20-9-5-4-6-10-20/h4-6,9-14,16,19,26-27,29H,3,7-8,15,17,33-35H2,1-2H3,(H,36,39). The SMILES string of the molecule is CCS(=O)(=O)N1CCCC(NC(=O)C2Sc3c(N)ccc4c3C2C(N)C(=O)C4(N)c2ccc(Oc3ccccc3)cc2C)C1. The smallest absolute Gasteiger partial charge is 0.234 e. The summed E-state index contributed by atoms with van der Waals surface area (Å²) in [5.41, 5.74) is 21.8. The summed E-state index contributed by atoms with van der Waals surface area (Å²) in [5, 5.41) is 2.33. The van der Waals surface area contributed by atoms with Crippen molar-refractivity contribution >= 4 is 39.2 Å². The Kier molecular flexibility index (Phi) is 8.00. The van der Waals surface area contributed by atoms with Gasteiger partial charge in [-0.2, -0.15) is 4.31 Å². The normalized spacial score (nSPS) is 26.7. The number of carbonyl (C=O) groups is 2. The van der Waals surface area contributed by atoms with E-state index in [0.717, 1.165) is 11.1 Å². The average molecular weight is 636 g/mol. The molecule has 3 aromatic rings. The summed E-state index contributed by atoms with van der Waals surface area (Å²) >= 11 is 1.29. The number of para-hydroxylation sites is 1. The highest BCUT2D eigenvalue weighted by Crippen LogP contribution is 2.56. The van der Waals surface area contributed by atoms with Crippen LogP contribution in [0.5, 0.6) is 11.5 Å². The van der Waals surface area contributed by atoms with Crippen LogP contribution >= 0.6 is 11.8 Å². The summed E-state index contributed by atoms with van der Waals surface area (Å²) in [7, 11) is -3.37. The highest BCUT2D eigenvalue weighted by atomic mass is 32.2. The number of ether oxygens (including phenoxy) is 1. The van der Waals surface area contributed by atoms with Crippen molar-refractivity contribution in [2.24, 2.45) is 11.5 Å². The van der Waals surface area contributed by atoms with E-state index in [-0.39, 0.29) is 30.0 Å². The monoisotopic (exact) mass is 635 g/mol. The minimum Gasteiger partial charge on any atom is -0.457 e. The van der Waals surface area contributed by atoms with Gasteiger partial charge in [-0.25, -0.2) is 8.42 Å². The summed E-state index contributed by atoms with van der Waals surface area (Å²) in [6, 6.07) is 16.9. The molecule has 2 aliphatic heterocycles. The lowest BCUT2D eigenvalue weighted by molar-refractivity contribution is -0.126. The molecule has 2 heterocycles. The third-order valence-electron chi connectivity index (χ3n) is 8.98. The molecule has 0 saturated carbocycles. The molecule has 0 bridgehead atoms. The van der Waals surface area contributed by atoms with Crippen molar-refractivity contribution in [1.82, 2.24) is 9.62 Å². The van der Waals surface area contributed by atoms with Crippen molar-refractivity contribution in [2.45, 2.75) is 60.4 Å². The van der Waals surface area contributed by atoms with E-state index in [9.17, 15) is 18.0 Å². The molecule has 0 spiro atoms. The highest BCUT2D eigenvalue weighted by Gasteiger charge is 2.57. The number of Topliss-reactive ketones (excluding diaryl/α,β-unsaturated/α-hetero) is 1. The van der Waals surface area contributed by atoms with Gasteiger partial charge in [-0.3, -0.25) is 9.59 Å². The van der Waals surface area contributed by atoms with Gasteiger partial charge < -0.3 is 27.3 Å². The second-order valence-corrected chi connectivity index (χ2v) is 15.1. The van der Waals surface area contributed by atoms with E-state index < -0.39 is 32.8 Å². The van der Waals surface area contributed by atoms with Crippen LogP contribution in [0.25, 0.3) is 0 Å². The first-order chi connectivity index (χ1) is 21.0. The van der Waals surface area contributed by atoms with Crippen LogP contribution in [-0.2, 0) is 25.2 Å². The number of piperidine rings is 1. The molecule has 1 saturated heterocycles. The van der Waals surface area contributed by atoms with Crippen molar-refractivity contribution in [3.05, 3.63) is 82.9 Å². The zero-order chi connectivity index (χ0) is 31.4. The molecule has 5 atom stereocenters. The fraction of sp³-hybridized carbons (Fsp3) is 0.375. The molecule has 7 N–H and O–H groups in total. The van der Waals surface area contributed by atoms with E-state index >= 15 is 0 Å². The summed E-state index contributed by atoms with van der Waals surface area (Å²) in [6.45, 7) is 4.14. The highest BCUT2D eigenvalue weighted by molar-refractivity contribution is 8.01. The molecular formula is C32H37N5O5S2. The number of nitrogens with zero attached hydrogens (tertiary/aromatic N) is 1. The third kappa shape index (κ3) is 5.08. The summed E-state index contributed by atoms with van der Waals surface area (Å²) < 4.78 is 32.4. The van der Waals surface area contributed by atoms with Crippen molar-refractivity contribution < 1.29 is 22.7 Å². The molecular weight excluding hydrogens is 599 g/mol. The lowest BCUT2D eigenvalue weighted by Crippen LogP contribution is -2.61. The number of ketones is 1. The molecule has 3 aromatic carbocycles. The molecule has 0 aromatic heterocycles. The first-order valence-corrected chi connectivity index (χ1v) is 17.2. The minimum absolute atomic E-state index is 0.00559. The van der Waals surface area contributed by atoms with Gasteiger partial charge in [-0.15, -0.1) is 11.8 Å². The van der Waals surface area contributed by atoms with Crippen molar-refractivity contribution in [1.29, 1.82) is 0 Å². The molecule has 232 valence electrons. The van der Waals surface area contributed by atoms with Gasteiger partial charge in [-0.1, -0.05) is 30.3 Å². The maximum atomic E-state index is 14.2. The van der Waals surface area contributed by atoms with E-state index in [2.05, 4.69) is 5.32 Å². The fourth-order valence-electron chi connectivity index (χ4n) is 6.74. The second kappa shape index (κ2) is 11.5. The molecule has 10 nitrogen and oxygen atoms in total. The number of anilines is 1. The molecule has 1 aliphatic carbocycles. The topological polar surface area (TPSA) is 171 Å². The second-order valence-electron chi connectivity index (χ2n) is 11.7. The van der Waals surface area contributed by atoms with Crippen LogP contribution in [0.2, 0.25) is 0 Å². The van der Waals surface area contributed by atoms with Crippen molar-refractivity contribution in [3.8, 4) is 11.5 Å². The van der Waals surface area contributed by atoms with Crippen LogP contribution < -0.4 is 27.3 Å². The van der Waals surface area contributed by atoms with Gasteiger partial charge >= 0.3 is 0 Å². The van der Waals surface area contributed by atoms with Crippen LogP contribution in [0.15, 0.2) is 65.6 Å². The maximum Gasteiger partial charge on any atom is 0.234 e. The number of amides is 1. The number of hydrogen-bond donors (Lipinski definition) is 4. The molecule has 3 aliphatic rings. The number of hydrogen-bond acceptors (Lipinski definition) is 9. The van der Waals surface area contributed by atoms with Crippen LogP contribution in [0.1, 0.15) is 47.9 Å². The number of rotatable bonds is 7. The van der Waals surface area contributed by atoms with E-state index in [1.165, 1.54) is 16.1 Å². The lowest BCUT2D eigenvalue weighted by Gasteiger charge is -2.42. The first kappa shape index (κ1) is 30.6. The van der Waals surface area contributed by atoms with E-state index in [0.29, 0.717) is 52.6 Å². The molecule has 6 rings (SSSR count). The zero-order valence-corrected chi connectivity index (χ0v) is 26.3. The van der Waals surface area contributed by atoms with Crippen LogP contribution in [-0.4, -0.2) is 60.6 Å². The number of carbonyl (C=O) groups excluding carboxylic acids is 2.